The Bertz CT molecular complexity index is 136. The molecule has 0 aromatic heterocycles. The summed E-state index contributed by atoms with van der Waals surface area (Å²) in [4.78, 5) is 0. The zero-order valence-electron chi connectivity index (χ0n) is 7.05. The van der Waals surface area contributed by atoms with Gasteiger partial charge in [-0.05, 0) is 13.3 Å². The van der Waals surface area contributed by atoms with Gasteiger partial charge in [0.2, 0.25) is 0 Å². The van der Waals surface area contributed by atoms with Crippen LogP contribution in [0.15, 0.2) is 11.6 Å². The van der Waals surface area contributed by atoms with Gasteiger partial charge in [0.05, 0.1) is 6.10 Å². The van der Waals surface area contributed by atoms with Crippen LogP contribution in [0.5, 0.6) is 0 Å². The molecule has 0 bridgehead atoms. The van der Waals surface area contributed by atoms with Crippen LogP contribution < -0.4 is 5.73 Å². The summed E-state index contributed by atoms with van der Waals surface area (Å²) in [5.41, 5.74) is 6.72. The lowest BCUT2D eigenvalue weighted by Gasteiger charge is -2.29. The minimum atomic E-state index is -0.402. The number of allylic oxidation sites excluding steroid dienone is 1. The Morgan fingerprint density at radius 3 is 2.55 bits per heavy atom. The average molecular weight is 178 g/mol. The highest BCUT2D eigenvalue weighted by Crippen LogP contribution is 2.24. The van der Waals surface area contributed by atoms with Gasteiger partial charge in [-0.2, -0.15) is 0 Å². The highest BCUT2D eigenvalue weighted by atomic mass is 35.5. The molecule has 3 heteroatoms. The summed E-state index contributed by atoms with van der Waals surface area (Å²) in [7, 11) is 0. The molecule has 0 aliphatic heterocycles. The zero-order valence-corrected chi connectivity index (χ0v) is 7.80. The van der Waals surface area contributed by atoms with Gasteiger partial charge < -0.3 is 10.8 Å². The summed E-state index contributed by atoms with van der Waals surface area (Å²) < 4.78 is 0. The fraction of sp³-hybridized carbons (Fsp3) is 0.750. The lowest BCUT2D eigenvalue weighted by molar-refractivity contribution is 0.0609. The molecule has 0 spiro atoms. The Labute approximate surface area is 73.0 Å². The summed E-state index contributed by atoms with van der Waals surface area (Å²) in [5.74, 6) is 0. The van der Waals surface area contributed by atoms with E-state index in [1.807, 2.05) is 6.92 Å². The standard InChI is InChI=1S/C8H16ClNO/c1-7(11)8(2,6-10)4-3-5-9/h3,5,7,11H,4,6,10H2,1-2H3/b5-3+. The second-order valence-electron chi connectivity index (χ2n) is 3.10. The van der Waals surface area contributed by atoms with Gasteiger partial charge >= 0.3 is 0 Å². The molecular formula is C8H16ClNO. The molecule has 3 N–H and O–H groups in total. The maximum Gasteiger partial charge on any atom is 0.0580 e. The molecule has 0 aliphatic rings. The highest BCUT2D eigenvalue weighted by Gasteiger charge is 2.26. The molecule has 0 amide bonds. The maximum absolute atomic E-state index is 9.34. The van der Waals surface area contributed by atoms with Crippen LogP contribution >= 0.6 is 11.6 Å². The molecule has 2 nitrogen and oxygen atoms in total. The van der Waals surface area contributed by atoms with E-state index in [0.717, 1.165) is 0 Å². The van der Waals surface area contributed by atoms with Crippen molar-refractivity contribution in [2.75, 3.05) is 6.54 Å². The largest absolute Gasteiger partial charge is 0.393 e. The van der Waals surface area contributed by atoms with Crippen LogP contribution in [0.4, 0.5) is 0 Å². The first-order valence-corrected chi connectivity index (χ1v) is 4.14. The van der Waals surface area contributed by atoms with Gasteiger partial charge in [0, 0.05) is 17.5 Å². The predicted octanol–water partition coefficient (Wildman–Crippen LogP) is 1.47. The van der Waals surface area contributed by atoms with Gasteiger partial charge in [0.25, 0.3) is 0 Å². The number of hydrogen-bond acceptors (Lipinski definition) is 2. The van der Waals surface area contributed by atoms with Crippen molar-refractivity contribution in [1.82, 2.24) is 0 Å². The Balaban J connectivity index is 4.10. The topological polar surface area (TPSA) is 46.2 Å². The van der Waals surface area contributed by atoms with Crippen LogP contribution in [0.25, 0.3) is 0 Å². The lowest BCUT2D eigenvalue weighted by Crippen LogP contribution is -2.36. The first kappa shape index (κ1) is 11.0. The Hall–Kier alpha value is -0.0500. The summed E-state index contributed by atoms with van der Waals surface area (Å²) >= 11 is 5.37. The third-order valence-corrected chi connectivity index (χ3v) is 2.33. The maximum atomic E-state index is 9.34. The van der Waals surface area contributed by atoms with E-state index in [1.165, 1.54) is 5.54 Å². The van der Waals surface area contributed by atoms with Crippen LogP contribution in [-0.2, 0) is 0 Å². The smallest absolute Gasteiger partial charge is 0.0580 e. The molecule has 0 aliphatic carbocycles. The summed E-state index contributed by atoms with van der Waals surface area (Å²) in [6.07, 6.45) is 2.12. The normalized spacial score (nSPS) is 20.1. The molecule has 0 saturated heterocycles. The second-order valence-corrected chi connectivity index (χ2v) is 3.35. The first-order chi connectivity index (χ1) is 5.06. The SMILES string of the molecule is CC(O)C(C)(CN)C/C=C/Cl. The van der Waals surface area contributed by atoms with Crippen molar-refractivity contribution in [1.29, 1.82) is 0 Å². The molecule has 0 radical (unpaired) electrons. The summed E-state index contributed by atoms with van der Waals surface area (Å²) in [6.45, 7) is 4.15. The quantitative estimate of drug-likeness (QED) is 0.684. The molecule has 0 rings (SSSR count). The number of aliphatic hydroxyl groups is 1. The fourth-order valence-electron chi connectivity index (χ4n) is 0.738. The second kappa shape index (κ2) is 4.75. The van der Waals surface area contributed by atoms with Crippen molar-refractivity contribution in [2.24, 2.45) is 11.1 Å². The number of aliphatic hydroxyl groups excluding tert-OH is 1. The van der Waals surface area contributed by atoms with E-state index in [4.69, 9.17) is 17.3 Å². The number of rotatable bonds is 4. The molecule has 66 valence electrons. The molecule has 0 saturated carbocycles. The fourth-order valence-corrected chi connectivity index (χ4v) is 0.827. The predicted molar refractivity (Wildman–Crippen MR) is 48.5 cm³/mol. The molecule has 2 atom stereocenters. The van der Waals surface area contributed by atoms with Crippen LogP contribution in [0.2, 0.25) is 0 Å². The van der Waals surface area contributed by atoms with Gasteiger partial charge in [-0.3, -0.25) is 0 Å². The number of nitrogens with two attached hydrogens (primary N) is 1. The van der Waals surface area contributed by atoms with Crippen molar-refractivity contribution in [2.45, 2.75) is 26.4 Å². The number of hydrogen-bond donors (Lipinski definition) is 2. The van der Waals surface area contributed by atoms with Crippen molar-refractivity contribution < 1.29 is 5.11 Å². The van der Waals surface area contributed by atoms with E-state index in [0.29, 0.717) is 13.0 Å². The highest BCUT2D eigenvalue weighted by molar-refractivity contribution is 6.25. The van der Waals surface area contributed by atoms with Crippen LogP contribution in [-0.4, -0.2) is 17.8 Å². The number of halogens is 1. The minimum Gasteiger partial charge on any atom is -0.393 e. The van der Waals surface area contributed by atoms with Gasteiger partial charge in [0.15, 0.2) is 0 Å². The van der Waals surface area contributed by atoms with Gasteiger partial charge in [-0.15, -0.1) is 0 Å². The van der Waals surface area contributed by atoms with E-state index in [-0.39, 0.29) is 5.41 Å². The Morgan fingerprint density at radius 2 is 2.27 bits per heavy atom. The van der Waals surface area contributed by atoms with Gasteiger partial charge in [-0.1, -0.05) is 24.6 Å². The van der Waals surface area contributed by atoms with Crippen LogP contribution in [0.3, 0.4) is 0 Å². The average Bonchev–Trinajstić information content (AvgIpc) is 2.00. The molecule has 11 heavy (non-hydrogen) atoms. The third-order valence-electron chi connectivity index (χ3n) is 2.15. The zero-order chi connectivity index (χ0) is 8.91. The lowest BCUT2D eigenvalue weighted by atomic mass is 9.82. The van der Waals surface area contributed by atoms with E-state index in [9.17, 15) is 5.11 Å². The Morgan fingerprint density at radius 1 is 1.73 bits per heavy atom. The molecule has 2 unspecified atom stereocenters. The van der Waals surface area contributed by atoms with Crippen molar-refractivity contribution in [3.05, 3.63) is 11.6 Å². The van der Waals surface area contributed by atoms with Gasteiger partial charge in [-0.25, -0.2) is 0 Å². The van der Waals surface area contributed by atoms with Gasteiger partial charge in [0.1, 0.15) is 0 Å². The molecule has 0 heterocycles. The first-order valence-electron chi connectivity index (χ1n) is 3.70. The monoisotopic (exact) mass is 177 g/mol. The third kappa shape index (κ3) is 3.23. The van der Waals surface area contributed by atoms with E-state index in [1.54, 1.807) is 13.0 Å². The van der Waals surface area contributed by atoms with Crippen LogP contribution in [0, 0.1) is 5.41 Å². The molecule has 0 aromatic rings. The van der Waals surface area contributed by atoms with Crippen molar-refractivity contribution >= 4 is 11.6 Å². The van der Waals surface area contributed by atoms with Crippen LogP contribution in [0.1, 0.15) is 20.3 Å². The van der Waals surface area contributed by atoms with E-state index in [2.05, 4.69) is 0 Å². The minimum absolute atomic E-state index is 0.245. The van der Waals surface area contributed by atoms with Crippen molar-refractivity contribution in [3.8, 4) is 0 Å². The van der Waals surface area contributed by atoms with E-state index < -0.39 is 6.10 Å². The summed E-state index contributed by atoms with van der Waals surface area (Å²) in [5, 5.41) is 9.34. The summed E-state index contributed by atoms with van der Waals surface area (Å²) in [6, 6.07) is 0. The van der Waals surface area contributed by atoms with Crippen molar-refractivity contribution in [3.63, 3.8) is 0 Å². The molecule has 0 fully saturated rings. The van der Waals surface area contributed by atoms with E-state index >= 15 is 0 Å². The molecular weight excluding hydrogens is 162 g/mol. The molecule has 0 aromatic carbocycles. The Kier molecular flexibility index (Phi) is 4.73.